The molecule has 198 valence electrons. The van der Waals surface area contributed by atoms with Crippen molar-refractivity contribution in [2.45, 2.75) is 81.3 Å². The van der Waals surface area contributed by atoms with Gasteiger partial charge >= 0.3 is 0 Å². The summed E-state index contributed by atoms with van der Waals surface area (Å²) in [5.74, 6) is -1.16. The van der Waals surface area contributed by atoms with Crippen molar-refractivity contribution in [3.05, 3.63) is 70.1 Å². The van der Waals surface area contributed by atoms with Crippen LogP contribution in [0, 0.1) is 5.92 Å². The first kappa shape index (κ1) is 32.4. The summed E-state index contributed by atoms with van der Waals surface area (Å²) in [6.45, 7) is 14.8. The highest BCUT2D eigenvalue weighted by molar-refractivity contribution is 9.28. The second kappa shape index (κ2) is 14.9. The molecule has 1 heterocycles. The summed E-state index contributed by atoms with van der Waals surface area (Å²) < 4.78 is 13.9. The number of hydrogen-bond acceptors (Lipinski definition) is 4. The molecule has 2 aromatic carbocycles. The quantitative estimate of drug-likeness (QED) is 0.314. The first-order valence-corrected chi connectivity index (χ1v) is 15.2. The van der Waals surface area contributed by atoms with E-state index in [1.54, 1.807) is 0 Å². The third kappa shape index (κ3) is 10.3. The van der Waals surface area contributed by atoms with Gasteiger partial charge in [-0.15, -0.1) is 0 Å². The Bertz CT molecular complexity index is 828. The molecule has 0 spiro atoms. The van der Waals surface area contributed by atoms with E-state index >= 15 is 0 Å². The molecule has 0 saturated carbocycles. The van der Waals surface area contributed by atoms with Crippen LogP contribution in [0.15, 0.2) is 79.9 Å². The molecule has 1 aliphatic rings. The molecule has 2 atom stereocenters. The lowest BCUT2D eigenvalue weighted by atomic mass is 10.0. The molecule has 0 bridgehead atoms. The SMILES string of the molecule is CC.CC(C)(C)S(OCC1OCC[C@@H]1C=C(Br)Br)(c1ccccc1)c1ccccc1.CC(C)(O)O. The number of halogens is 2. The molecule has 3 rings (SSSR count). The molecule has 35 heavy (non-hydrogen) atoms. The van der Waals surface area contributed by atoms with Crippen molar-refractivity contribution in [3.63, 3.8) is 0 Å². The summed E-state index contributed by atoms with van der Waals surface area (Å²) in [6.07, 6.45) is 3.26. The molecule has 2 N–H and O–H groups in total. The Labute approximate surface area is 230 Å². The van der Waals surface area contributed by atoms with Gasteiger partial charge in [-0.2, -0.15) is 0 Å². The average Bonchev–Trinajstić information content (AvgIpc) is 3.21. The fraction of sp³-hybridized carbons (Fsp3) is 0.500. The Morgan fingerprint density at radius 3 is 1.74 bits per heavy atom. The number of rotatable bonds is 6. The van der Waals surface area contributed by atoms with Crippen molar-refractivity contribution in [1.82, 2.24) is 0 Å². The molecule has 1 unspecified atom stereocenters. The van der Waals surface area contributed by atoms with Gasteiger partial charge in [0.05, 0.1) is 16.1 Å². The second-order valence-electron chi connectivity index (χ2n) is 9.39. The first-order valence-electron chi connectivity index (χ1n) is 12.0. The van der Waals surface area contributed by atoms with Gasteiger partial charge in [0, 0.05) is 27.1 Å². The summed E-state index contributed by atoms with van der Waals surface area (Å²) in [4.78, 5) is 2.50. The predicted octanol–water partition coefficient (Wildman–Crippen LogP) is 8.41. The van der Waals surface area contributed by atoms with Gasteiger partial charge in [-0.1, -0.05) is 66.6 Å². The van der Waals surface area contributed by atoms with E-state index in [0.717, 1.165) is 16.4 Å². The van der Waals surface area contributed by atoms with Crippen LogP contribution in [-0.2, 0) is 8.92 Å². The maximum atomic E-state index is 8.08. The molecule has 4 nitrogen and oxygen atoms in total. The molecule has 2 aromatic rings. The van der Waals surface area contributed by atoms with Gasteiger partial charge in [-0.25, -0.2) is 0 Å². The van der Waals surface area contributed by atoms with E-state index in [-0.39, 0.29) is 10.9 Å². The first-order chi connectivity index (χ1) is 16.3. The molecule has 1 fully saturated rings. The van der Waals surface area contributed by atoms with Crippen molar-refractivity contribution in [2.75, 3.05) is 13.2 Å². The van der Waals surface area contributed by atoms with E-state index in [0.29, 0.717) is 12.5 Å². The minimum atomic E-state index is -1.73. The van der Waals surface area contributed by atoms with Crippen molar-refractivity contribution in [2.24, 2.45) is 5.92 Å². The largest absolute Gasteiger partial charge is 0.375 e. The molecule has 1 saturated heterocycles. The summed E-state index contributed by atoms with van der Waals surface area (Å²) in [7, 11) is -1.73. The zero-order valence-corrected chi connectivity index (χ0v) is 26.0. The molecule has 1 aliphatic heterocycles. The van der Waals surface area contributed by atoms with Crippen LogP contribution >= 0.6 is 42.2 Å². The third-order valence-electron chi connectivity index (χ3n) is 5.02. The third-order valence-corrected chi connectivity index (χ3v) is 9.64. The predicted molar refractivity (Wildman–Crippen MR) is 156 cm³/mol. The minimum absolute atomic E-state index is 0.0618. The summed E-state index contributed by atoms with van der Waals surface area (Å²) in [5.41, 5.74) is 0. The van der Waals surface area contributed by atoms with Crippen LogP contribution in [0.25, 0.3) is 0 Å². The fourth-order valence-corrected chi connectivity index (χ4v) is 8.15. The highest BCUT2D eigenvalue weighted by Crippen LogP contribution is 2.71. The monoisotopic (exact) mass is 632 g/mol. The van der Waals surface area contributed by atoms with Gasteiger partial charge in [-0.3, -0.25) is 0 Å². The zero-order chi connectivity index (χ0) is 26.7. The van der Waals surface area contributed by atoms with E-state index in [2.05, 4.69) is 119 Å². The van der Waals surface area contributed by atoms with Crippen molar-refractivity contribution >= 4 is 42.2 Å². The van der Waals surface area contributed by atoms with Gasteiger partial charge in [-0.05, 0) is 97.2 Å². The molecule has 0 aromatic heterocycles. The lowest BCUT2D eigenvalue weighted by Gasteiger charge is -2.50. The minimum Gasteiger partial charge on any atom is -0.375 e. The lowest BCUT2D eigenvalue weighted by molar-refractivity contribution is -0.127. The molecule has 7 heteroatoms. The normalized spacial score (nSPS) is 18.5. The highest BCUT2D eigenvalue weighted by atomic mass is 79.9. The number of hydrogen-bond donors (Lipinski definition) is 2. The van der Waals surface area contributed by atoms with Crippen molar-refractivity contribution in [1.29, 1.82) is 0 Å². The van der Waals surface area contributed by atoms with Crippen LogP contribution in [0.1, 0.15) is 54.9 Å². The molecule has 0 amide bonds. The van der Waals surface area contributed by atoms with E-state index in [4.69, 9.17) is 19.1 Å². The standard InChI is InChI=1S/C23H28Br2O2S.C3H8O2.C2H6/c1-23(2,3)28(19-10-6-4-7-11-19,20-12-8-5-9-13-20)27-17-21-18(14-15-26-21)16-22(24)25;1-3(2,4)5;1-2/h4-13,16,18,21H,14-15,17H2,1-3H3;4-5H,1-2H3;1-2H3/t18-,21?;;/m1../s1. The highest BCUT2D eigenvalue weighted by Gasteiger charge is 2.42. The maximum absolute atomic E-state index is 8.08. The van der Waals surface area contributed by atoms with Crippen LogP contribution in [0.4, 0.5) is 0 Å². The summed E-state index contributed by atoms with van der Waals surface area (Å²) in [6, 6.07) is 21.4. The molecular formula is C28H42Br2O4S. The molecule has 0 radical (unpaired) electrons. The van der Waals surface area contributed by atoms with Crippen molar-refractivity contribution < 1.29 is 19.1 Å². The Hall–Kier alpha value is -0.670. The van der Waals surface area contributed by atoms with Gasteiger partial charge in [0.15, 0.2) is 5.79 Å². The van der Waals surface area contributed by atoms with Crippen molar-refractivity contribution in [3.8, 4) is 0 Å². The average molecular weight is 635 g/mol. The Morgan fingerprint density at radius 2 is 1.37 bits per heavy atom. The van der Waals surface area contributed by atoms with E-state index in [1.807, 2.05) is 13.8 Å². The maximum Gasteiger partial charge on any atom is 0.156 e. The zero-order valence-electron chi connectivity index (χ0n) is 22.0. The number of benzene rings is 2. The van der Waals surface area contributed by atoms with Gasteiger partial charge in [0.25, 0.3) is 0 Å². The van der Waals surface area contributed by atoms with Gasteiger partial charge in [0.1, 0.15) is 0 Å². The number of ether oxygens (including phenoxy) is 1. The molecular weight excluding hydrogens is 592 g/mol. The number of aliphatic hydroxyl groups is 2. The van der Waals surface area contributed by atoms with E-state index in [1.165, 1.54) is 23.6 Å². The molecule has 0 aliphatic carbocycles. The lowest BCUT2D eigenvalue weighted by Crippen LogP contribution is -2.31. The van der Waals surface area contributed by atoms with E-state index in [9.17, 15) is 0 Å². The smallest absolute Gasteiger partial charge is 0.156 e. The van der Waals surface area contributed by atoms with Crippen LogP contribution in [-0.4, -0.2) is 40.1 Å². The Morgan fingerprint density at radius 1 is 0.943 bits per heavy atom. The Balaban J connectivity index is 0.000000779. The van der Waals surface area contributed by atoms with E-state index < -0.39 is 16.1 Å². The van der Waals surface area contributed by atoms with Gasteiger partial charge in [0.2, 0.25) is 0 Å². The van der Waals surface area contributed by atoms with Crippen LogP contribution < -0.4 is 0 Å². The van der Waals surface area contributed by atoms with Gasteiger partial charge < -0.3 is 19.1 Å². The summed E-state index contributed by atoms with van der Waals surface area (Å²) in [5, 5.41) is 16.2. The van der Waals surface area contributed by atoms with Crippen LogP contribution in [0.5, 0.6) is 0 Å². The second-order valence-corrected chi connectivity index (χ2v) is 15.7. The Kier molecular flexibility index (Phi) is 13.8. The topological polar surface area (TPSA) is 58.9 Å². The fourth-order valence-electron chi connectivity index (χ4n) is 3.74. The van der Waals surface area contributed by atoms with Crippen LogP contribution in [0.2, 0.25) is 0 Å². The van der Waals surface area contributed by atoms with Crippen LogP contribution in [0.3, 0.4) is 0 Å². The summed E-state index contributed by atoms with van der Waals surface area (Å²) >= 11 is 6.99.